The predicted octanol–water partition coefficient (Wildman–Crippen LogP) is 2.28. The first-order chi connectivity index (χ1) is 8.45. The van der Waals surface area contributed by atoms with Crippen molar-refractivity contribution >= 4 is 11.4 Å². The van der Waals surface area contributed by atoms with Crippen LogP contribution in [0.15, 0.2) is 12.1 Å². The molecule has 4 nitrogen and oxygen atoms in total. The van der Waals surface area contributed by atoms with E-state index in [2.05, 4.69) is 0 Å². The highest BCUT2D eigenvalue weighted by molar-refractivity contribution is 5.69. The highest BCUT2D eigenvalue weighted by Crippen LogP contribution is 2.30. The molecule has 0 aromatic heterocycles. The Bertz CT molecular complexity index is 397. The topological polar surface area (TPSA) is 47.7 Å². The highest BCUT2D eigenvalue weighted by atomic mass is 19.1. The third-order valence-corrected chi connectivity index (χ3v) is 2.59. The molecule has 1 rings (SSSR count). The molecule has 0 aliphatic carbocycles. The number of ether oxygens (including phenoxy) is 2. The minimum atomic E-state index is -0.453. The normalized spacial score (nSPS) is 10.8. The summed E-state index contributed by atoms with van der Waals surface area (Å²) >= 11 is 0. The summed E-state index contributed by atoms with van der Waals surface area (Å²) in [5.74, 6) is -0.263. The third kappa shape index (κ3) is 3.77. The van der Waals surface area contributed by atoms with Crippen LogP contribution in [-0.4, -0.2) is 33.4 Å². The molecule has 18 heavy (non-hydrogen) atoms. The molecular weight excluding hydrogens is 235 g/mol. The largest absolute Gasteiger partial charge is 0.494 e. The number of nitrogen functional groups attached to an aromatic ring is 1. The number of benzene rings is 1. The standard InChI is InChI=1S/C13H21FN2O2/c1-9(2)18-6-5-16(3)12-8-13(17-4)10(14)7-11(12)15/h7-9H,5-6,15H2,1-4H3. The van der Waals surface area contributed by atoms with Crippen LogP contribution in [0.4, 0.5) is 15.8 Å². The van der Waals surface area contributed by atoms with E-state index < -0.39 is 5.82 Å². The molecule has 0 heterocycles. The van der Waals surface area contributed by atoms with Crippen molar-refractivity contribution in [2.75, 3.05) is 37.9 Å². The Kier molecular flexibility index (Phi) is 5.22. The first kappa shape index (κ1) is 14.6. The number of rotatable bonds is 6. The van der Waals surface area contributed by atoms with Gasteiger partial charge in [0.05, 0.1) is 31.2 Å². The summed E-state index contributed by atoms with van der Waals surface area (Å²) in [6.45, 7) is 5.23. The lowest BCUT2D eigenvalue weighted by molar-refractivity contribution is 0.0846. The number of nitrogens with zero attached hydrogens (tertiary/aromatic N) is 1. The molecule has 2 N–H and O–H groups in total. The van der Waals surface area contributed by atoms with Crippen molar-refractivity contribution in [1.29, 1.82) is 0 Å². The number of methoxy groups -OCH3 is 1. The summed E-state index contributed by atoms with van der Waals surface area (Å²) < 4.78 is 23.8. The quantitative estimate of drug-likeness (QED) is 0.793. The number of likely N-dealkylation sites (N-methyl/N-ethyl adjacent to an activating group) is 1. The molecular formula is C13H21FN2O2. The average molecular weight is 256 g/mol. The number of hydrogen-bond acceptors (Lipinski definition) is 4. The smallest absolute Gasteiger partial charge is 0.167 e. The summed E-state index contributed by atoms with van der Waals surface area (Å²) in [5.41, 5.74) is 6.93. The Morgan fingerprint density at radius 3 is 2.61 bits per heavy atom. The van der Waals surface area contributed by atoms with E-state index in [0.717, 1.165) is 5.69 Å². The van der Waals surface area contributed by atoms with E-state index in [4.69, 9.17) is 15.2 Å². The molecule has 1 aromatic carbocycles. The van der Waals surface area contributed by atoms with Crippen molar-refractivity contribution in [3.8, 4) is 5.75 Å². The SMILES string of the molecule is COc1cc(N(C)CCOC(C)C)c(N)cc1F. The van der Waals surface area contributed by atoms with Gasteiger partial charge in [-0.3, -0.25) is 0 Å². The van der Waals surface area contributed by atoms with Crippen LogP contribution in [-0.2, 0) is 4.74 Å². The minimum absolute atomic E-state index is 0.191. The number of hydrogen-bond donors (Lipinski definition) is 1. The van der Waals surface area contributed by atoms with Gasteiger partial charge in [0.2, 0.25) is 0 Å². The van der Waals surface area contributed by atoms with Crippen LogP contribution in [0, 0.1) is 5.82 Å². The molecule has 1 aromatic rings. The number of anilines is 2. The molecule has 0 fully saturated rings. The van der Waals surface area contributed by atoms with Gasteiger partial charge in [-0.2, -0.15) is 0 Å². The van der Waals surface area contributed by atoms with Gasteiger partial charge in [0.25, 0.3) is 0 Å². The molecule has 102 valence electrons. The highest BCUT2D eigenvalue weighted by Gasteiger charge is 2.11. The average Bonchev–Trinajstić information content (AvgIpc) is 2.28. The van der Waals surface area contributed by atoms with Crippen molar-refractivity contribution in [2.24, 2.45) is 0 Å². The van der Waals surface area contributed by atoms with Crippen LogP contribution in [0.25, 0.3) is 0 Å². The lowest BCUT2D eigenvalue weighted by Crippen LogP contribution is -2.24. The van der Waals surface area contributed by atoms with E-state index >= 15 is 0 Å². The monoisotopic (exact) mass is 256 g/mol. The Hall–Kier alpha value is -1.49. The molecule has 0 bridgehead atoms. The Balaban J connectivity index is 2.75. The van der Waals surface area contributed by atoms with Gasteiger partial charge in [-0.1, -0.05) is 0 Å². The Labute approximate surface area is 107 Å². The summed E-state index contributed by atoms with van der Waals surface area (Å²) in [6, 6.07) is 2.87. The Morgan fingerprint density at radius 2 is 2.06 bits per heavy atom. The van der Waals surface area contributed by atoms with Crippen LogP contribution >= 0.6 is 0 Å². The third-order valence-electron chi connectivity index (χ3n) is 2.59. The van der Waals surface area contributed by atoms with E-state index in [9.17, 15) is 4.39 Å². The predicted molar refractivity (Wildman–Crippen MR) is 71.7 cm³/mol. The van der Waals surface area contributed by atoms with E-state index in [1.54, 1.807) is 6.07 Å². The van der Waals surface area contributed by atoms with Crippen molar-refractivity contribution < 1.29 is 13.9 Å². The van der Waals surface area contributed by atoms with Crippen LogP contribution < -0.4 is 15.4 Å². The molecule has 0 aliphatic rings. The van der Waals surface area contributed by atoms with Crippen LogP contribution in [0.1, 0.15) is 13.8 Å². The second-order valence-electron chi connectivity index (χ2n) is 4.39. The van der Waals surface area contributed by atoms with Gasteiger partial charge in [0.15, 0.2) is 11.6 Å². The summed E-state index contributed by atoms with van der Waals surface area (Å²) in [4.78, 5) is 1.92. The van der Waals surface area contributed by atoms with Crippen molar-refractivity contribution in [3.05, 3.63) is 17.9 Å². The molecule has 0 saturated carbocycles. The molecule has 0 atom stereocenters. The molecule has 0 amide bonds. The van der Waals surface area contributed by atoms with Crippen molar-refractivity contribution in [3.63, 3.8) is 0 Å². The maximum absolute atomic E-state index is 13.4. The lowest BCUT2D eigenvalue weighted by Gasteiger charge is -2.22. The lowest BCUT2D eigenvalue weighted by atomic mass is 10.2. The van der Waals surface area contributed by atoms with Crippen LogP contribution in [0.2, 0.25) is 0 Å². The van der Waals surface area contributed by atoms with Gasteiger partial charge in [0, 0.05) is 25.7 Å². The molecule has 0 saturated heterocycles. The van der Waals surface area contributed by atoms with Gasteiger partial charge >= 0.3 is 0 Å². The molecule has 0 unspecified atom stereocenters. The molecule has 0 aliphatic heterocycles. The second-order valence-corrected chi connectivity index (χ2v) is 4.39. The van der Waals surface area contributed by atoms with Crippen LogP contribution in [0.5, 0.6) is 5.75 Å². The summed E-state index contributed by atoms with van der Waals surface area (Å²) in [5, 5.41) is 0. The van der Waals surface area contributed by atoms with E-state index in [1.807, 2.05) is 25.8 Å². The van der Waals surface area contributed by atoms with Gasteiger partial charge in [-0.15, -0.1) is 0 Å². The maximum Gasteiger partial charge on any atom is 0.167 e. The summed E-state index contributed by atoms with van der Waals surface area (Å²) in [6.07, 6.45) is 0.193. The van der Waals surface area contributed by atoms with Gasteiger partial charge < -0.3 is 20.1 Å². The molecule has 0 radical (unpaired) electrons. The van der Waals surface area contributed by atoms with Gasteiger partial charge in [-0.25, -0.2) is 4.39 Å². The zero-order valence-corrected chi connectivity index (χ0v) is 11.4. The Morgan fingerprint density at radius 1 is 1.39 bits per heavy atom. The fourth-order valence-electron chi connectivity index (χ4n) is 1.59. The number of halogens is 1. The van der Waals surface area contributed by atoms with Gasteiger partial charge in [-0.05, 0) is 13.8 Å². The maximum atomic E-state index is 13.4. The fourth-order valence-corrected chi connectivity index (χ4v) is 1.59. The molecule has 5 heteroatoms. The second kappa shape index (κ2) is 6.44. The minimum Gasteiger partial charge on any atom is -0.494 e. The summed E-state index contributed by atoms with van der Waals surface area (Å²) in [7, 11) is 3.31. The number of nitrogens with two attached hydrogens (primary N) is 1. The van der Waals surface area contributed by atoms with Crippen LogP contribution in [0.3, 0.4) is 0 Å². The zero-order chi connectivity index (χ0) is 13.7. The molecule has 0 spiro atoms. The van der Waals surface area contributed by atoms with E-state index in [0.29, 0.717) is 18.8 Å². The van der Waals surface area contributed by atoms with Crippen molar-refractivity contribution in [2.45, 2.75) is 20.0 Å². The van der Waals surface area contributed by atoms with E-state index in [-0.39, 0.29) is 11.9 Å². The zero-order valence-electron chi connectivity index (χ0n) is 11.4. The first-order valence-electron chi connectivity index (χ1n) is 5.91. The van der Waals surface area contributed by atoms with Crippen molar-refractivity contribution in [1.82, 2.24) is 0 Å². The van der Waals surface area contributed by atoms with Gasteiger partial charge in [0.1, 0.15) is 0 Å². The fraction of sp³-hybridized carbons (Fsp3) is 0.538. The van der Waals surface area contributed by atoms with E-state index in [1.165, 1.54) is 13.2 Å². The first-order valence-corrected chi connectivity index (χ1v) is 5.91.